The number of hydrogen-bond donors (Lipinski definition) is 2. The number of carbonyl (C=O) groups excluding carboxylic acids is 1. The number of phenols is 2. The number of hydrogen-bond acceptors (Lipinski definition) is 5. The zero-order valence-electron chi connectivity index (χ0n) is 14.8. The second-order valence-corrected chi connectivity index (χ2v) is 6.71. The Bertz CT molecular complexity index is 892. The Hall–Kier alpha value is -2.89. The summed E-state index contributed by atoms with van der Waals surface area (Å²) in [7, 11) is 3.02. The van der Waals surface area contributed by atoms with Gasteiger partial charge in [0.1, 0.15) is 0 Å². The molecule has 0 spiro atoms. The van der Waals surface area contributed by atoms with E-state index in [4.69, 9.17) is 9.47 Å². The molecular formula is C20H21NO5. The van der Waals surface area contributed by atoms with E-state index in [-0.39, 0.29) is 29.9 Å². The summed E-state index contributed by atoms with van der Waals surface area (Å²) in [6.07, 6.45) is 1.43. The van der Waals surface area contributed by atoms with E-state index in [9.17, 15) is 15.0 Å². The van der Waals surface area contributed by atoms with Crippen LogP contribution in [0, 0.1) is 0 Å². The van der Waals surface area contributed by atoms with Crippen LogP contribution in [0.25, 0.3) is 0 Å². The van der Waals surface area contributed by atoms with Gasteiger partial charge in [-0.05, 0) is 47.7 Å². The van der Waals surface area contributed by atoms with Crippen LogP contribution in [0.2, 0.25) is 0 Å². The van der Waals surface area contributed by atoms with Crippen LogP contribution in [0.1, 0.15) is 28.3 Å². The molecule has 2 aliphatic heterocycles. The van der Waals surface area contributed by atoms with Crippen LogP contribution in [-0.4, -0.2) is 41.8 Å². The van der Waals surface area contributed by atoms with Crippen molar-refractivity contribution >= 4 is 5.91 Å². The molecule has 136 valence electrons. The Balaban J connectivity index is 1.82. The fraction of sp³-hybridized carbons (Fsp3) is 0.350. The summed E-state index contributed by atoms with van der Waals surface area (Å²) >= 11 is 0. The standard InChI is InChI=1S/C20H21NO5/c1-25-17-4-3-11-7-15-13-9-16(22)18(26-2)8-12(13)5-6-21(15)19(23)10-14(11)20(17)24/h3-4,8-9,15,22,24H,5-7,10H2,1-2H3. The number of benzene rings is 2. The predicted molar refractivity (Wildman–Crippen MR) is 94.9 cm³/mol. The molecule has 1 atom stereocenters. The van der Waals surface area contributed by atoms with Gasteiger partial charge in [0.05, 0.1) is 26.7 Å². The van der Waals surface area contributed by atoms with Gasteiger partial charge < -0.3 is 24.6 Å². The van der Waals surface area contributed by atoms with Crippen LogP contribution >= 0.6 is 0 Å². The normalized spacial score (nSPS) is 18.5. The number of nitrogens with zero attached hydrogens (tertiary/aromatic N) is 1. The summed E-state index contributed by atoms with van der Waals surface area (Å²) in [6.45, 7) is 0.607. The lowest BCUT2D eigenvalue weighted by Gasteiger charge is -2.36. The average Bonchev–Trinajstić information content (AvgIpc) is 2.78. The van der Waals surface area contributed by atoms with Gasteiger partial charge in [0.25, 0.3) is 0 Å². The third kappa shape index (κ3) is 2.44. The Labute approximate surface area is 151 Å². The molecule has 6 nitrogen and oxygen atoms in total. The lowest BCUT2D eigenvalue weighted by molar-refractivity contribution is -0.133. The minimum absolute atomic E-state index is 0.0294. The lowest BCUT2D eigenvalue weighted by Crippen LogP contribution is -2.40. The predicted octanol–water partition coefficient (Wildman–Crippen LogP) is 2.34. The second-order valence-electron chi connectivity index (χ2n) is 6.71. The van der Waals surface area contributed by atoms with Crippen LogP contribution in [0.4, 0.5) is 0 Å². The largest absolute Gasteiger partial charge is 0.504 e. The number of carbonyl (C=O) groups is 1. The van der Waals surface area contributed by atoms with E-state index >= 15 is 0 Å². The van der Waals surface area contributed by atoms with Crippen molar-refractivity contribution in [2.75, 3.05) is 20.8 Å². The highest BCUT2D eigenvalue weighted by Crippen LogP contribution is 2.43. The fourth-order valence-corrected chi connectivity index (χ4v) is 4.07. The summed E-state index contributed by atoms with van der Waals surface area (Å²) in [5, 5.41) is 20.7. The first kappa shape index (κ1) is 16.6. The van der Waals surface area contributed by atoms with E-state index in [1.54, 1.807) is 12.1 Å². The Morgan fingerprint density at radius 1 is 1.08 bits per heavy atom. The van der Waals surface area contributed by atoms with Gasteiger partial charge in [-0.1, -0.05) is 6.07 Å². The molecule has 2 aromatic rings. The van der Waals surface area contributed by atoms with Crippen molar-refractivity contribution in [3.05, 3.63) is 46.5 Å². The van der Waals surface area contributed by atoms with E-state index in [1.165, 1.54) is 14.2 Å². The lowest BCUT2D eigenvalue weighted by atomic mass is 9.88. The molecule has 2 N–H and O–H groups in total. The molecule has 2 aromatic carbocycles. The zero-order chi connectivity index (χ0) is 18.4. The molecule has 1 unspecified atom stereocenters. The van der Waals surface area contributed by atoms with Gasteiger partial charge in [-0.25, -0.2) is 0 Å². The van der Waals surface area contributed by atoms with E-state index in [0.717, 1.165) is 16.7 Å². The van der Waals surface area contributed by atoms with Crippen molar-refractivity contribution in [3.8, 4) is 23.0 Å². The first-order valence-electron chi connectivity index (χ1n) is 8.60. The van der Waals surface area contributed by atoms with E-state index in [0.29, 0.717) is 36.4 Å². The number of phenolic OH excluding ortho intramolecular Hbond substituents is 2. The van der Waals surface area contributed by atoms with Gasteiger partial charge in [0.15, 0.2) is 23.0 Å². The number of aromatic hydroxyl groups is 2. The monoisotopic (exact) mass is 355 g/mol. The molecule has 2 aliphatic rings. The molecule has 0 saturated carbocycles. The highest BCUT2D eigenvalue weighted by atomic mass is 16.5. The van der Waals surface area contributed by atoms with Gasteiger partial charge in [-0.3, -0.25) is 4.79 Å². The third-order valence-electron chi connectivity index (χ3n) is 5.42. The number of amides is 1. The second kappa shape index (κ2) is 6.12. The quantitative estimate of drug-likeness (QED) is 0.864. The van der Waals surface area contributed by atoms with Crippen molar-refractivity contribution in [3.63, 3.8) is 0 Å². The van der Waals surface area contributed by atoms with Crippen LogP contribution in [0.3, 0.4) is 0 Å². The minimum atomic E-state index is -0.169. The van der Waals surface area contributed by atoms with Gasteiger partial charge in [-0.15, -0.1) is 0 Å². The maximum absolute atomic E-state index is 12.9. The molecule has 0 aromatic heterocycles. The van der Waals surface area contributed by atoms with E-state index in [1.807, 2.05) is 17.0 Å². The minimum Gasteiger partial charge on any atom is -0.504 e. The maximum atomic E-state index is 12.9. The first-order valence-corrected chi connectivity index (χ1v) is 8.60. The summed E-state index contributed by atoms with van der Waals surface area (Å²) in [6, 6.07) is 7.01. The SMILES string of the molecule is COc1cc2c(cc1O)C1Cc3ccc(OC)c(O)c3CC(=O)N1CC2. The first-order chi connectivity index (χ1) is 12.5. The van der Waals surface area contributed by atoms with Crippen molar-refractivity contribution in [1.82, 2.24) is 4.90 Å². The summed E-state index contributed by atoms with van der Waals surface area (Å²) in [5.41, 5.74) is 3.57. The molecule has 0 radical (unpaired) electrons. The number of fused-ring (bicyclic) bond motifs is 4. The summed E-state index contributed by atoms with van der Waals surface area (Å²) in [4.78, 5) is 14.7. The van der Waals surface area contributed by atoms with Gasteiger partial charge in [-0.2, -0.15) is 0 Å². The van der Waals surface area contributed by atoms with Crippen LogP contribution < -0.4 is 9.47 Å². The molecule has 0 bridgehead atoms. The van der Waals surface area contributed by atoms with Gasteiger partial charge in [0.2, 0.25) is 5.91 Å². The molecule has 0 aliphatic carbocycles. The molecular weight excluding hydrogens is 334 g/mol. The van der Waals surface area contributed by atoms with E-state index < -0.39 is 0 Å². The Morgan fingerprint density at radius 2 is 1.85 bits per heavy atom. The molecule has 0 fully saturated rings. The smallest absolute Gasteiger partial charge is 0.227 e. The van der Waals surface area contributed by atoms with Crippen molar-refractivity contribution in [2.45, 2.75) is 25.3 Å². The van der Waals surface area contributed by atoms with Crippen LogP contribution in [-0.2, 0) is 24.1 Å². The highest BCUT2D eigenvalue weighted by molar-refractivity contribution is 5.82. The van der Waals surface area contributed by atoms with Crippen molar-refractivity contribution in [2.24, 2.45) is 0 Å². The Morgan fingerprint density at radius 3 is 2.58 bits per heavy atom. The third-order valence-corrected chi connectivity index (χ3v) is 5.42. The molecule has 0 saturated heterocycles. The highest BCUT2D eigenvalue weighted by Gasteiger charge is 2.36. The molecule has 26 heavy (non-hydrogen) atoms. The summed E-state index contributed by atoms with van der Waals surface area (Å²) in [5.74, 6) is 0.899. The van der Waals surface area contributed by atoms with E-state index in [2.05, 4.69) is 0 Å². The van der Waals surface area contributed by atoms with Crippen molar-refractivity contribution in [1.29, 1.82) is 0 Å². The maximum Gasteiger partial charge on any atom is 0.227 e. The van der Waals surface area contributed by atoms with Gasteiger partial charge in [0, 0.05) is 12.1 Å². The van der Waals surface area contributed by atoms with Gasteiger partial charge >= 0.3 is 0 Å². The number of methoxy groups -OCH3 is 2. The topological polar surface area (TPSA) is 79.2 Å². The van der Waals surface area contributed by atoms with Crippen LogP contribution in [0.5, 0.6) is 23.0 Å². The zero-order valence-corrected chi connectivity index (χ0v) is 14.8. The Kier molecular flexibility index (Phi) is 3.90. The summed E-state index contributed by atoms with van der Waals surface area (Å²) < 4.78 is 10.4. The molecule has 1 amide bonds. The van der Waals surface area contributed by atoms with Crippen LogP contribution in [0.15, 0.2) is 24.3 Å². The average molecular weight is 355 g/mol. The van der Waals surface area contributed by atoms with Crippen molar-refractivity contribution < 1.29 is 24.5 Å². The molecule has 6 heteroatoms. The number of rotatable bonds is 2. The molecule has 2 heterocycles. The number of ether oxygens (including phenoxy) is 2. The fourth-order valence-electron chi connectivity index (χ4n) is 4.07. The molecule has 4 rings (SSSR count).